The topological polar surface area (TPSA) is 32.7 Å². The summed E-state index contributed by atoms with van der Waals surface area (Å²) in [6.45, 7) is 18.1. The Bertz CT molecular complexity index is 4820. The molecule has 0 N–H and O–H groups in total. The molecular weight excluding hydrogens is 1340 g/mol. The van der Waals surface area contributed by atoms with Crippen LogP contribution in [-0.2, 0) is 51.9 Å². The number of aromatic nitrogens is 4. The quantitative estimate of drug-likeness (QED) is 0.149. The highest BCUT2D eigenvalue weighted by molar-refractivity contribution is 7.24. The molecule has 2 unspecified atom stereocenters. The zero-order valence-electron chi connectivity index (χ0n) is 55.0. The van der Waals surface area contributed by atoms with Crippen LogP contribution in [0.2, 0.25) is 17.3 Å². The molecule has 488 valence electrons. The van der Waals surface area contributed by atoms with E-state index in [9.17, 15) is 4.39 Å². The smallest absolute Gasteiger partial charge is 0.124 e. The van der Waals surface area contributed by atoms with Crippen LogP contribution in [0, 0.1) is 38.6 Å². The summed E-state index contributed by atoms with van der Waals surface area (Å²) < 4.78 is 31.2. The van der Waals surface area contributed by atoms with Crippen LogP contribution < -0.4 is 0 Å². The number of benzene rings is 4. The molecule has 95 heavy (non-hydrogen) atoms. The largest absolute Gasteiger partial charge is 0.340 e. The van der Waals surface area contributed by atoms with E-state index in [0.717, 1.165) is 94.4 Å². The minimum absolute atomic E-state index is 0.270. The number of allylic oxidation sites excluding steroid dienone is 1. The Morgan fingerprint density at radius 1 is 0.505 bits per heavy atom. The molecule has 4 aliphatic heterocycles. The number of hydrogen-bond donors (Lipinski definition) is 0. The van der Waals surface area contributed by atoms with E-state index in [4.69, 9.17) is 46.4 Å². The Hall–Kier alpha value is -6.45. The van der Waals surface area contributed by atoms with Gasteiger partial charge >= 0.3 is 0 Å². The lowest BCUT2D eigenvalue weighted by Crippen LogP contribution is -2.38. The van der Waals surface area contributed by atoms with Crippen LogP contribution in [0.25, 0.3) is 71.5 Å². The molecule has 0 radical (unpaired) electrons. The van der Waals surface area contributed by atoms with E-state index in [1.807, 2.05) is 12.1 Å². The first-order valence-electron chi connectivity index (χ1n) is 32.3. The molecule has 0 spiro atoms. The van der Waals surface area contributed by atoms with Crippen molar-refractivity contribution in [1.82, 2.24) is 37.9 Å². The Morgan fingerprint density at radius 3 is 1.53 bits per heavy atom. The van der Waals surface area contributed by atoms with Crippen molar-refractivity contribution in [3.63, 3.8) is 0 Å². The maximum Gasteiger partial charge on any atom is 0.124 e. The summed E-state index contributed by atoms with van der Waals surface area (Å²) in [6.07, 6.45) is 17.5. The molecule has 8 aromatic heterocycles. The van der Waals surface area contributed by atoms with Crippen molar-refractivity contribution in [2.75, 3.05) is 47.8 Å². The summed E-state index contributed by atoms with van der Waals surface area (Å²) in [5.41, 5.74) is 24.4. The van der Waals surface area contributed by atoms with Crippen molar-refractivity contribution in [3.05, 3.63) is 235 Å². The van der Waals surface area contributed by atoms with Gasteiger partial charge in [-0.2, -0.15) is 0 Å². The summed E-state index contributed by atoms with van der Waals surface area (Å²) in [6, 6.07) is 44.5. The van der Waals surface area contributed by atoms with Crippen molar-refractivity contribution in [2.45, 2.75) is 98.6 Å². The highest BCUT2D eigenvalue weighted by Gasteiger charge is 2.33. The van der Waals surface area contributed by atoms with Crippen molar-refractivity contribution in [2.24, 2.45) is 0 Å². The fourth-order valence-corrected chi connectivity index (χ4v) is 18.9. The molecule has 16 rings (SSSR count). The van der Waals surface area contributed by atoms with Crippen LogP contribution in [-0.4, -0.2) is 91.7 Å². The van der Waals surface area contributed by atoms with E-state index in [2.05, 4.69) is 240 Å². The van der Waals surface area contributed by atoms with Crippen LogP contribution in [0.3, 0.4) is 0 Å². The maximum atomic E-state index is 13.4. The van der Waals surface area contributed by atoms with Gasteiger partial charge in [0.1, 0.15) is 5.82 Å². The van der Waals surface area contributed by atoms with Crippen LogP contribution in [0.4, 0.5) is 4.39 Å². The molecule has 0 amide bonds. The van der Waals surface area contributed by atoms with E-state index >= 15 is 0 Å². The molecule has 0 aliphatic carbocycles. The Morgan fingerprint density at radius 2 is 0.989 bits per heavy atom. The molecule has 4 aromatic carbocycles. The zero-order valence-corrected chi connectivity index (χ0v) is 61.3. The SMILES string of the molecule is CC1Cc2c(c3sc(Cl)cc3n2C#Cc2cccc(F)c2)C(C)N1C.Cc1ccc(/C=C/Cn2c3c(c4sc(Cl)cc42)CN(C)CC3)cc1.Cc1cccc(/C=C/n2c3c(c4sc(Cl)cc42)CN(C)CC3)c1.Cc1cccc(/C=C\n2c3c(c4sc(Cl)cc42)CN(C)CC3)c1. The van der Waals surface area contributed by atoms with Gasteiger partial charge in [-0.1, -0.05) is 154 Å². The fourth-order valence-electron chi connectivity index (χ4n) is 13.8. The van der Waals surface area contributed by atoms with E-state index in [0.29, 0.717) is 17.6 Å². The van der Waals surface area contributed by atoms with Gasteiger partial charge in [0, 0.05) is 153 Å². The van der Waals surface area contributed by atoms with Gasteiger partial charge in [-0.25, -0.2) is 4.39 Å². The molecule has 0 saturated heterocycles. The van der Waals surface area contributed by atoms with Gasteiger partial charge < -0.3 is 28.4 Å². The normalized spacial score (nSPS) is 16.8. The molecule has 4 aliphatic rings. The molecule has 2 atom stereocenters. The lowest BCUT2D eigenvalue weighted by atomic mass is 9.96. The Balaban J connectivity index is 0.000000115. The van der Waals surface area contributed by atoms with Gasteiger partial charge in [0.25, 0.3) is 0 Å². The number of halogens is 5. The summed E-state index contributed by atoms with van der Waals surface area (Å²) in [7, 11) is 8.72. The van der Waals surface area contributed by atoms with E-state index < -0.39 is 0 Å². The third kappa shape index (κ3) is 14.6. The third-order valence-electron chi connectivity index (χ3n) is 18.8. The molecule has 0 fully saturated rings. The predicted octanol–water partition coefficient (Wildman–Crippen LogP) is 21.2. The molecule has 12 heterocycles. The summed E-state index contributed by atoms with van der Waals surface area (Å²) in [4.78, 5) is 9.54. The van der Waals surface area contributed by atoms with E-state index in [1.165, 1.54) is 126 Å². The predicted molar refractivity (Wildman–Crippen MR) is 410 cm³/mol. The standard InChI is InChI=1S/C20H18ClFN2S.C20H21ClN2S.2C19H19ClN2S/c1-12-9-16-19(13(2)23(12)3)20-17(11-18(21)25-20)24(16)8-7-14-5-4-6-15(22)10-14;1-14-5-7-15(8-6-14)4-3-10-23-17-9-11-22(2)13-16(17)20-18(23)12-19(21)24-20;2*1-13-4-3-5-14(10-13)6-9-22-16-7-8-21(2)12-15(16)19-17(22)11-18(20)23-19/h4-6,10-13H,9H2,1-3H3;3-8,12H,9-11,13H2,1-2H3;2*3-6,9-11H,7-8,12H2,1-2H3/b;4-3+;9-6+;9-6-. The highest BCUT2D eigenvalue weighted by Crippen LogP contribution is 2.45. The van der Waals surface area contributed by atoms with E-state index in [-0.39, 0.29) is 5.82 Å². The number of likely N-dealkylation sites (N-methyl/N-ethyl adjacent to an activating group) is 4. The first kappa shape index (κ1) is 67.1. The second-order valence-electron chi connectivity index (χ2n) is 25.8. The number of aryl methyl sites for hydroxylation is 3. The van der Waals surface area contributed by atoms with Gasteiger partial charge in [0.05, 0.1) is 58.2 Å². The molecule has 0 saturated carbocycles. The monoisotopic (exact) mass is 1410 g/mol. The van der Waals surface area contributed by atoms with Crippen LogP contribution in [0.5, 0.6) is 0 Å². The average Bonchev–Trinajstić information content (AvgIpc) is 1.61. The van der Waals surface area contributed by atoms with Crippen molar-refractivity contribution in [1.29, 1.82) is 0 Å². The zero-order chi connectivity index (χ0) is 66.3. The van der Waals surface area contributed by atoms with Crippen LogP contribution in [0.1, 0.15) is 104 Å². The number of nitrogens with zero attached hydrogens (tertiary/aromatic N) is 8. The van der Waals surface area contributed by atoms with Gasteiger partial charge in [0.2, 0.25) is 0 Å². The van der Waals surface area contributed by atoms with Crippen LogP contribution >= 0.6 is 91.8 Å². The molecule has 17 heteroatoms. The number of rotatable bonds is 7. The first-order chi connectivity index (χ1) is 45.8. The van der Waals surface area contributed by atoms with Gasteiger partial charge in [-0.3, -0.25) is 9.47 Å². The average molecular weight is 1420 g/mol. The van der Waals surface area contributed by atoms with Crippen molar-refractivity contribution < 1.29 is 4.39 Å². The fraction of sp³-hybridized carbons (Fsp3) is 0.282. The number of fused-ring (bicyclic) bond motifs is 12. The molecule has 8 nitrogen and oxygen atoms in total. The first-order valence-corrected chi connectivity index (χ1v) is 37.1. The number of hydrogen-bond acceptors (Lipinski definition) is 8. The third-order valence-corrected chi connectivity index (χ3v) is 24.0. The van der Waals surface area contributed by atoms with E-state index in [1.54, 1.807) is 51.4 Å². The second kappa shape index (κ2) is 28.9. The lowest BCUT2D eigenvalue weighted by molar-refractivity contribution is 0.179. The molecule has 12 aromatic rings. The number of thiophene rings is 4. The Labute approximate surface area is 593 Å². The van der Waals surface area contributed by atoms with Crippen molar-refractivity contribution in [3.8, 4) is 12.0 Å². The Kier molecular flexibility index (Phi) is 20.4. The van der Waals surface area contributed by atoms with Gasteiger partial charge in [-0.15, -0.1) is 45.3 Å². The molecule has 0 bridgehead atoms. The van der Waals surface area contributed by atoms with Crippen molar-refractivity contribution >= 4 is 163 Å². The second-order valence-corrected chi connectivity index (χ2v) is 32.5. The summed E-state index contributed by atoms with van der Waals surface area (Å²) in [5, 5.41) is 0. The molecular formula is C78H77Cl4FN8S4. The highest BCUT2D eigenvalue weighted by atomic mass is 35.5. The van der Waals surface area contributed by atoms with Crippen LogP contribution in [0.15, 0.2) is 127 Å². The van der Waals surface area contributed by atoms with Gasteiger partial charge in [0.15, 0.2) is 0 Å². The summed E-state index contributed by atoms with van der Waals surface area (Å²) >= 11 is 31.9. The maximum absolute atomic E-state index is 13.4. The summed E-state index contributed by atoms with van der Waals surface area (Å²) in [5.74, 6) is 2.83. The lowest BCUT2D eigenvalue weighted by Gasteiger charge is -2.36. The van der Waals surface area contributed by atoms with Gasteiger partial charge in [-0.05, 0) is 140 Å². The minimum atomic E-state index is -0.270. The minimum Gasteiger partial charge on any atom is -0.340 e.